The first-order valence-electron chi connectivity index (χ1n) is 3.75. The molecule has 72 valence electrons. The standard InChI is InChI=1S/C8H5F2N3S/c9-6-2-1-5(3-7(6)10)14-8-4-11-13-12-8/h1-4H,(H,11,12,13). The third kappa shape index (κ3) is 1.90. The van der Waals surface area contributed by atoms with E-state index in [0.717, 1.165) is 12.1 Å². The van der Waals surface area contributed by atoms with Gasteiger partial charge in [-0.1, -0.05) is 17.0 Å². The SMILES string of the molecule is Fc1ccc(Sc2c[nH]nn2)cc1F. The molecule has 14 heavy (non-hydrogen) atoms. The third-order valence-corrected chi connectivity index (χ3v) is 2.41. The number of aromatic nitrogens is 3. The lowest BCUT2D eigenvalue weighted by molar-refractivity contribution is 0.506. The molecule has 1 heterocycles. The van der Waals surface area contributed by atoms with Gasteiger partial charge >= 0.3 is 0 Å². The predicted molar refractivity (Wildman–Crippen MR) is 46.9 cm³/mol. The van der Waals surface area contributed by atoms with Crippen LogP contribution < -0.4 is 0 Å². The summed E-state index contributed by atoms with van der Waals surface area (Å²) in [5.74, 6) is -1.71. The molecule has 1 aromatic heterocycles. The molecule has 0 aliphatic rings. The molecule has 0 unspecified atom stereocenters. The summed E-state index contributed by atoms with van der Waals surface area (Å²) >= 11 is 1.21. The molecule has 0 aliphatic carbocycles. The smallest absolute Gasteiger partial charge is 0.159 e. The summed E-state index contributed by atoms with van der Waals surface area (Å²) < 4.78 is 25.3. The van der Waals surface area contributed by atoms with Gasteiger partial charge in [0.1, 0.15) is 5.03 Å². The summed E-state index contributed by atoms with van der Waals surface area (Å²) in [6, 6.07) is 3.68. The normalized spacial score (nSPS) is 10.4. The molecule has 0 atom stereocenters. The molecule has 0 aliphatic heterocycles. The largest absolute Gasteiger partial charge is 0.264 e. The van der Waals surface area contributed by atoms with Crippen molar-refractivity contribution in [1.82, 2.24) is 15.4 Å². The van der Waals surface area contributed by atoms with Crippen LogP contribution in [0.15, 0.2) is 34.3 Å². The van der Waals surface area contributed by atoms with Crippen LogP contribution in [0.1, 0.15) is 0 Å². The van der Waals surface area contributed by atoms with Gasteiger partial charge in [0, 0.05) is 4.90 Å². The van der Waals surface area contributed by atoms with E-state index < -0.39 is 11.6 Å². The molecule has 0 amide bonds. The molecule has 0 radical (unpaired) electrons. The second-order valence-electron chi connectivity index (χ2n) is 2.49. The van der Waals surface area contributed by atoms with Crippen molar-refractivity contribution in [1.29, 1.82) is 0 Å². The Kier molecular flexibility index (Phi) is 2.45. The van der Waals surface area contributed by atoms with Gasteiger partial charge in [0.25, 0.3) is 0 Å². The molecular formula is C8H5F2N3S. The first-order valence-corrected chi connectivity index (χ1v) is 4.57. The highest BCUT2D eigenvalue weighted by Crippen LogP contribution is 2.25. The van der Waals surface area contributed by atoms with E-state index >= 15 is 0 Å². The molecule has 6 heteroatoms. The van der Waals surface area contributed by atoms with Crippen LogP contribution in [0, 0.1) is 11.6 Å². The van der Waals surface area contributed by atoms with Crippen LogP contribution in [0.2, 0.25) is 0 Å². The maximum absolute atomic E-state index is 12.8. The topological polar surface area (TPSA) is 41.6 Å². The Balaban J connectivity index is 2.22. The Morgan fingerprint density at radius 2 is 2.07 bits per heavy atom. The number of benzene rings is 1. The average Bonchev–Trinajstić information content (AvgIpc) is 2.64. The van der Waals surface area contributed by atoms with Crippen LogP contribution in [0.25, 0.3) is 0 Å². The number of H-pyrrole nitrogens is 1. The lowest BCUT2D eigenvalue weighted by Gasteiger charge is -1.97. The van der Waals surface area contributed by atoms with E-state index in [1.165, 1.54) is 17.8 Å². The number of aromatic amines is 1. The van der Waals surface area contributed by atoms with Gasteiger partial charge in [-0.05, 0) is 18.2 Å². The number of nitrogens with zero attached hydrogens (tertiary/aromatic N) is 2. The molecule has 2 aromatic rings. The van der Waals surface area contributed by atoms with E-state index in [9.17, 15) is 8.78 Å². The fraction of sp³-hybridized carbons (Fsp3) is 0. The minimum Gasteiger partial charge on any atom is -0.264 e. The van der Waals surface area contributed by atoms with Crippen LogP contribution in [0.4, 0.5) is 8.78 Å². The summed E-state index contributed by atoms with van der Waals surface area (Å²) in [6.07, 6.45) is 1.58. The Hall–Kier alpha value is -1.43. The lowest BCUT2D eigenvalue weighted by atomic mass is 10.3. The summed E-state index contributed by atoms with van der Waals surface area (Å²) in [6.45, 7) is 0. The summed E-state index contributed by atoms with van der Waals surface area (Å²) in [5.41, 5.74) is 0. The van der Waals surface area contributed by atoms with E-state index in [1.54, 1.807) is 6.20 Å². The van der Waals surface area contributed by atoms with Crippen LogP contribution >= 0.6 is 11.8 Å². The first-order chi connectivity index (χ1) is 6.75. The van der Waals surface area contributed by atoms with Crippen LogP contribution in [-0.2, 0) is 0 Å². The van der Waals surface area contributed by atoms with Gasteiger partial charge in [-0.2, -0.15) is 0 Å². The zero-order chi connectivity index (χ0) is 9.97. The van der Waals surface area contributed by atoms with Crippen molar-refractivity contribution in [3.8, 4) is 0 Å². The molecular weight excluding hydrogens is 208 g/mol. The molecule has 0 saturated carbocycles. The van der Waals surface area contributed by atoms with E-state index in [0.29, 0.717) is 9.92 Å². The number of nitrogens with one attached hydrogen (secondary N) is 1. The quantitative estimate of drug-likeness (QED) is 0.831. The van der Waals surface area contributed by atoms with E-state index in [4.69, 9.17) is 0 Å². The minimum atomic E-state index is -0.863. The molecule has 0 fully saturated rings. The number of hydrogen-bond donors (Lipinski definition) is 1. The minimum absolute atomic E-state index is 0.581. The molecule has 1 N–H and O–H groups in total. The van der Waals surface area contributed by atoms with Crippen LogP contribution in [-0.4, -0.2) is 15.4 Å². The number of halogens is 2. The lowest BCUT2D eigenvalue weighted by Crippen LogP contribution is -1.83. The van der Waals surface area contributed by atoms with Crippen molar-refractivity contribution >= 4 is 11.8 Å². The predicted octanol–water partition coefficient (Wildman–Crippen LogP) is 2.23. The van der Waals surface area contributed by atoms with Crippen molar-refractivity contribution in [2.24, 2.45) is 0 Å². The van der Waals surface area contributed by atoms with Crippen molar-refractivity contribution < 1.29 is 8.78 Å². The molecule has 0 bridgehead atoms. The van der Waals surface area contributed by atoms with E-state index in [1.807, 2.05) is 0 Å². The van der Waals surface area contributed by atoms with Crippen molar-refractivity contribution in [2.45, 2.75) is 9.92 Å². The first kappa shape index (κ1) is 9.14. The van der Waals surface area contributed by atoms with Crippen molar-refractivity contribution in [3.05, 3.63) is 36.0 Å². The van der Waals surface area contributed by atoms with Crippen LogP contribution in [0.3, 0.4) is 0 Å². The second kappa shape index (κ2) is 3.75. The van der Waals surface area contributed by atoms with E-state index in [2.05, 4.69) is 15.4 Å². The summed E-state index contributed by atoms with van der Waals surface area (Å²) in [4.78, 5) is 0.581. The third-order valence-electron chi connectivity index (χ3n) is 1.51. The zero-order valence-electron chi connectivity index (χ0n) is 6.87. The van der Waals surface area contributed by atoms with Gasteiger partial charge in [0.15, 0.2) is 11.6 Å². The Morgan fingerprint density at radius 3 is 2.71 bits per heavy atom. The molecule has 3 nitrogen and oxygen atoms in total. The molecule has 0 spiro atoms. The highest BCUT2D eigenvalue weighted by molar-refractivity contribution is 7.99. The van der Waals surface area contributed by atoms with E-state index in [-0.39, 0.29) is 0 Å². The fourth-order valence-electron chi connectivity index (χ4n) is 0.902. The maximum Gasteiger partial charge on any atom is 0.159 e. The summed E-state index contributed by atoms with van der Waals surface area (Å²) in [5, 5.41) is 10.3. The molecule has 2 rings (SSSR count). The van der Waals surface area contributed by atoms with Crippen molar-refractivity contribution in [2.75, 3.05) is 0 Å². The molecule has 0 saturated heterocycles. The highest BCUT2D eigenvalue weighted by atomic mass is 32.2. The highest BCUT2D eigenvalue weighted by Gasteiger charge is 2.04. The summed E-state index contributed by atoms with van der Waals surface area (Å²) in [7, 11) is 0. The zero-order valence-corrected chi connectivity index (χ0v) is 7.68. The molecule has 1 aromatic carbocycles. The maximum atomic E-state index is 12.8. The fourth-order valence-corrected chi connectivity index (χ4v) is 1.64. The van der Waals surface area contributed by atoms with Crippen LogP contribution in [0.5, 0.6) is 0 Å². The average molecular weight is 213 g/mol. The Labute approximate surface area is 82.5 Å². The number of rotatable bonds is 2. The monoisotopic (exact) mass is 213 g/mol. The van der Waals surface area contributed by atoms with Gasteiger partial charge in [-0.3, -0.25) is 5.10 Å². The second-order valence-corrected chi connectivity index (χ2v) is 3.58. The Bertz CT molecular complexity index is 430. The van der Waals surface area contributed by atoms with Gasteiger partial charge in [0.2, 0.25) is 0 Å². The van der Waals surface area contributed by atoms with Crippen molar-refractivity contribution in [3.63, 3.8) is 0 Å². The van der Waals surface area contributed by atoms with Gasteiger partial charge in [-0.15, -0.1) is 5.10 Å². The van der Waals surface area contributed by atoms with Gasteiger partial charge in [-0.25, -0.2) is 8.78 Å². The Morgan fingerprint density at radius 1 is 1.21 bits per heavy atom. The number of hydrogen-bond acceptors (Lipinski definition) is 3. The van der Waals surface area contributed by atoms with Gasteiger partial charge in [0.05, 0.1) is 6.20 Å². The van der Waals surface area contributed by atoms with Gasteiger partial charge < -0.3 is 0 Å².